The van der Waals surface area contributed by atoms with E-state index in [2.05, 4.69) is 6.58 Å². The quantitative estimate of drug-likeness (QED) is 0.359. The lowest BCUT2D eigenvalue weighted by atomic mass is 10.1. The molecule has 0 saturated carbocycles. The Balaban J connectivity index is 3.53. The molecule has 1 unspecified atom stereocenters. The van der Waals surface area contributed by atoms with Crippen LogP contribution in [0.15, 0.2) is 12.7 Å². The highest BCUT2D eigenvalue weighted by Gasteiger charge is 2.16. The van der Waals surface area contributed by atoms with Gasteiger partial charge in [-0.3, -0.25) is 0 Å². The lowest BCUT2D eigenvalue weighted by Gasteiger charge is -2.19. The zero-order chi connectivity index (χ0) is 9.40. The Labute approximate surface area is 74.0 Å². The third-order valence-corrected chi connectivity index (χ3v) is 1.69. The molecule has 0 rings (SSSR count). The number of allylic oxidation sites excluding steroid dienone is 1. The second kappa shape index (κ2) is 7.28. The minimum atomic E-state index is -0.542. The number of hydrogen-bond donors (Lipinski definition) is 1. The van der Waals surface area contributed by atoms with E-state index in [1.165, 1.54) is 14.2 Å². The van der Waals surface area contributed by atoms with Crippen LogP contribution < -0.4 is 0 Å². The largest absolute Gasteiger partial charge is 0.388 e. The van der Waals surface area contributed by atoms with Crippen molar-refractivity contribution in [3.05, 3.63) is 12.7 Å². The number of aliphatic hydroxyl groups excluding tert-OH is 1. The molecule has 1 N–H and O–H groups in total. The summed E-state index contributed by atoms with van der Waals surface area (Å²) in [6.07, 6.45) is 3.29. The third-order valence-electron chi connectivity index (χ3n) is 1.69. The molecule has 0 aliphatic heterocycles. The fourth-order valence-electron chi connectivity index (χ4n) is 1.02. The van der Waals surface area contributed by atoms with Crippen molar-refractivity contribution in [2.45, 2.75) is 31.7 Å². The number of aliphatic hydroxyl groups is 1. The Morgan fingerprint density at radius 2 is 2.00 bits per heavy atom. The molecule has 0 aliphatic carbocycles. The Kier molecular flexibility index (Phi) is 7.05. The monoisotopic (exact) mass is 174 g/mol. The first-order chi connectivity index (χ1) is 5.76. The molecule has 3 nitrogen and oxygen atoms in total. The van der Waals surface area contributed by atoms with Gasteiger partial charge >= 0.3 is 0 Å². The second-order valence-electron chi connectivity index (χ2n) is 2.63. The first-order valence-corrected chi connectivity index (χ1v) is 4.10. The molecule has 0 heterocycles. The summed E-state index contributed by atoms with van der Waals surface area (Å²) in [6, 6.07) is 0. The van der Waals surface area contributed by atoms with Crippen LogP contribution in [0.3, 0.4) is 0 Å². The summed E-state index contributed by atoms with van der Waals surface area (Å²) in [5.74, 6) is 0. The van der Waals surface area contributed by atoms with Crippen LogP contribution in [0.25, 0.3) is 0 Å². The fraction of sp³-hybridized carbons (Fsp3) is 0.778. The smallest absolute Gasteiger partial charge is 0.182 e. The number of unbranched alkanes of at least 4 members (excludes halogenated alkanes) is 1. The lowest BCUT2D eigenvalue weighted by Crippen LogP contribution is -2.29. The summed E-state index contributed by atoms with van der Waals surface area (Å²) < 4.78 is 9.79. The Morgan fingerprint density at radius 3 is 2.42 bits per heavy atom. The maximum Gasteiger partial charge on any atom is 0.182 e. The molecular formula is C9H18O3. The van der Waals surface area contributed by atoms with Gasteiger partial charge in [0.2, 0.25) is 0 Å². The number of rotatable bonds is 7. The molecule has 1 atom stereocenters. The highest BCUT2D eigenvalue weighted by Crippen LogP contribution is 2.08. The van der Waals surface area contributed by atoms with E-state index in [1.54, 1.807) is 0 Å². The van der Waals surface area contributed by atoms with Crippen molar-refractivity contribution in [1.82, 2.24) is 0 Å². The highest BCUT2D eigenvalue weighted by molar-refractivity contribution is 4.68. The first-order valence-electron chi connectivity index (χ1n) is 4.10. The number of methoxy groups -OCH3 is 2. The van der Waals surface area contributed by atoms with E-state index in [1.807, 2.05) is 6.08 Å². The standard InChI is InChI=1S/C9H18O3/c1-4-5-6-7-8(10)9(11-2)12-3/h4,8-10H,1,5-7H2,2-3H3. The predicted molar refractivity (Wildman–Crippen MR) is 47.9 cm³/mol. The van der Waals surface area contributed by atoms with Crippen molar-refractivity contribution in [2.75, 3.05) is 14.2 Å². The average molecular weight is 174 g/mol. The first kappa shape index (κ1) is 11.6. The van der Waals surface area contributed by atoms with Gasteiger partial charge in [-0.2, -0.15) is 0 Å². The summed E-state index contributed by atoms with van der Waals surface area (Å²) in [6.45, 7) is 3.60. The van der Waals surface area contributed by atoms with Gasteiger partial charge < -0.3 is 14.6 Å². The summed E-state index contributed by atoms with van der Waals surface area (Å²) in [4.78, 5) is 0. The molecule has 3 heteroatoms. The Morgan fingerprint density at radius 1 is 1.42 bits per heavy atom. The molecule has 0 saturated heterocycles. The van der Waals surface area contributed by atoms with Crippen molar-refractivity contribution < 1.29 is 14.6 Å². The van der Waals surface area contributed by atoms with Crippen LogP contribution in [0.2, 0.25) is 0 Å². The molecule has 0 fully saturated rings. The Bertz CT molecular complexity index is 110. The number of hydrogen-bond acceptors (Lipinski definition) is 3. The molecule has 0 amide bonds. The normalized spacial score (nSPS) is 13.3. The molecule has 0 aromatic carbocycles. The van der Waals surface area contributed by atoms with Crippen molar-refractivity contribution >= 4 is 0 Å². The number of ether oxygens (including phenoxy) is 2. The van der Waals surface area contributed by atoms with Crippen LogP contribution in [-0.2, 0) is 9.47 Å². The highest BCUT2D eigenvalue weighted by atomic mass is 16.7. The molecule has 0 aromatic heterocycles. The van der Waals surface area contributed by atoms with Crippen molar-refractivity contribution in [3.8, 4) is 0 Å². The summed E-state index contributed by atoms with van der Waals surface area (Å²) in [5.41, 5.74) is 0. The molecular weight excluding hydrogens is 156 g/mol. The van der Waals surface area contributed by atoms with Gasteiger partial charge in [-0.05, 0) is 19.3 Å². The molecule has 12 heavy (non-hydrogen) atoms. The fourth-order valence-corrected chi connectivity index (χ4v) is 1.02. The van der Waals surface area contributed by atoms with Gasteiger partial charge in [0, 0.05) is 14.2 Å². The van der Waals surface area contributed by atoms with Crippen LogP contribution in [0.4, 0.5) is 0 Å². The van der Waals surface area contributed by atoms with Gasteiger partial charge in [0.1, 0.15) is 6.10 Å². The summed E-state index contributed by atoms with van der Waals surface area (Å²) in [7, 11) is 3.04. The molecule has 72 valence electrons. The van der Waals surface area contributed by atoms with E-state index < -0.39 is 12.4 Å². The van der Waals surface area contributed by atoms with Crippen LogP contribution in [0, 0.1) is 0 Å². The van der Waals surface area contributed by atoms with Gasteiger partial charge in [0.15, 0.2) is 6.29 Å². The maximum atomic E-state index is 9.45. The van der Waals surface area contributed by atoms with E-state index >= 15 is 0 Å². The zero-order valence-electron chi connectivity index (χ0n) is 7.82. The van der Waals surface area contributed by atoms with E-state index in [4.69, 9.17) is 9.47 Å². The average Bonchev–Trinajstić information content (AvgIpc) is 2.07. The van der Waals surface area contributed by atoms with Crippen molar-refractivity contribution in [3.63, 3.8) is 0 Å². The van der Waals surface area contributed by atoms with Gasteiger partial charge in [-0.25, -0.2) is 0 Å². The van der Waals surface area contributed by atoms with Crippen LogP contribution in [0.5, 0.6) is 0 Å². The molecule has 0 bridgehead atoms. The molecule has 0 spiro atoms. The molecule has 0 aromatic rings. The van der Waals surface area contributed by atoms with Gasteiger partial charge in [0.25, 0.3) is 0 Å². The topological polar surface area (TPSA) is 38.7 Å². The van der Waals surface area contributed by atoms with E-state index in [0.29, 0.717) is 6.42 Å². The van der Waals surface area contributed by atoms with Gasteiger partial charge in [-0.15, -0.1) is 6.58 Å². The third kappa shape index (κ3) is 4.49. The Hall–Kier alpha value is -0.380. The zero-order valence-corrected chi connectivity index (χ0v) is 7.82. The van der Waals surface area contributed by atoms with Crippen LogP contribution >= 0.6 is 0 Å². The van der Waals surface area contributed by atoms with Crippen molar-refractivity contribution in [2.24, 2.45) is 0 Å². The van der Waals surface area contributed by atoms with E-state index in [0.717, 1.165) is 12.8 Å². The second-order valence-corrected chi connectivity index (χ2v) is 2.63. The molecule has 0 aliphatic rings. The summed E-state index contributed by atoms with van der Waals surface area (Å²) >= 11 is 0. The maximum absolute atomic E-state index is 9.45. The lowest BCUT2D eigenvalue weighted by molar-refractivity contribution is -0.165. The minimum absolute atomic E-state index is 0.505. The van der Waals surface area contributed by atoms with E-state index in [9.17, 15) is 5.11 Å². The minimum Gasteiger partial charge on any atom is -0.388 e. The van der Waals surface area contributed by atoms with Gasteiger partial charge in [-0.1, -0.05) is 6.08 Å². The van der Waals surface area contributed by atoms with Gasteiger partial charge in [0.05, 0.1) is 0 Å². The van der Waals surface area contributed by atoms with Crippen LogP contribution in [0.1, 0.15) is 19.3 Å². The van der Waals surface area contributed by atoms with E-state index in [-0.39, 0.29) is 0 Å². The van der Waals surface area contributed by atoms with Crippen LogP contribution in [-0.4, -0.2) is 31.7 Å². The SMILES string of the molecule is C=CCCCC(O)C(OC)OC. The predicted octanol–water partition coefficient (Wildman–Crippen LogP) is 1.32. The molecule has 0 radical (unpaired) electrons. The van der Waals surface area contributed by atoms with Crippen molar-refractivity contribution in [1.29, 1.82) is 0 Å². The summed E-state index contributed by atoms with van der Waals surface area (Å²) in [5, 5.41) is 9.45.